The third kappa shape index (κ3) is 6.92. The van der Waals surface area contributed by atoms with E-state index in [-0.39, 0.29) is 0 Å². The van der Waals surface area contributed by atoms with Crippen molar-refractivity contribution in [2.24, 2.45) is 0 Å². The normalized spacial score (nSPS) is 10.9. The fourth-order valence-electron chi connectivity index (χ4n) is 1.07. The van der Waals surface area contributed by atoms with E-state index in [1.165, 1.54) is 24.3 Å². The van der Waals surface area contributed by atoms with Gasteiger partial charge in [-0.05, 0) is 6.42 Å². The molecule has 0 aromatic rings. The third-order valence-corrected chi connectivity index (χ3v) is 2.16. The first-order chi connectivity index (χ1) is 5.35. The maximum Gasteiger partial charge on any atom is 0.0908 e. The number of unbranched alkanes of at least 4 members (excludes halogenated alkanes) is 1. The fraction of sp³-hybridized carbons (Fsp3) is 1.00. The minimum absolute atomic E-state index is 0.746. The average Bonchev–Trinajstić information content (AvgIpc) is 2.01. The monoisotopic (exact) mass is 198 g/mol. The largest absolute Gasteiger partial charge is 0.333 e. The summed E-state index contributed by atoms with van der Waals surface area (Å²) in [7, 11) is 0. The molecule has 1 nitrogen and oxygen atoms in total. The number of hydrogen-bond acceptors (Lipinski definition) is 0. The summed E-state index contributed by atoms with van der Waals surface area (Å²) in [4.78, 5) is 1.54. The Morgan fingerprint density at radius 1 is 1.00 bits per heavy atom. The molecule has 68 valence electrons. The lowest BCUT2D eigenvalue weighted by Crippen LogP contribution is -3.12. The van der Waals surface area contributed by atoms with Gasteiger partial charge in [-0.1, -0.05) is 13.3 Å². The summed E-state index contributed by atoms with van der Waals surface area (Å²) in [6.45, 7) is 5.53. The van der Waals surface area contributed by atoms with E-state index in [0.717, 1.165) is 24.8 Å². The summed E-state index contributed by atoms with van der Waals surface area (Å²) in [6.07, 6.45) is 2.54. The Hall–Kier alpha value is 0.540. The van der Waals surface area contributed by atoms with Gasteiger partial charge in [-0.2, -0.15) is 0 Å². The van der Waals surface area contributed by atoms with Gasteiger partial charge in [0.05, 0.1) is 31.4 Å². The minimum Gasteiger partial charge on any atom is -0.333 e. The maximum atomic E-state index is 5.65. The summed E-state index contributed by atoms with van der Waals surface area (Å²) in [6, 6.07) is 0. The third-order valence-electron chi connectivity index (χ3n) is 1.78. The zero-order valence-corrected chi connectivity index (χ0v) is 8.72. The van der Waals surface area contributed by atoms with Gasteiger partial charge in [-0.3, -0.25) is 0 Å². The second-order valence-electron chi connectivity index (χ2n) is 2.73. The molecule has 1 N–H and O–H groups in total. The van der Waals surface area contributed by atoms with E-state index in [2.05, 4.69) is 6.92 Å². The topological polar surface area (TPSA) is 4.44 Å². The van der Waals surface area contributed by atoms with Crippen molar-refractivity contribution < 1.29 is 4.90 Å². The number of nitrogens with one attached hydrogen (secondary N) is 1. The zero-order chi connectivity index (χ0) is 8.53. The number of halogens is 2. The van der Waals surface area contributed by atoms with Crippen molar-refractivity contribution in [3.05, 3.63) is 0 Å². The van der Waals surface area contributed by atoms with Gasteiger partial charge in [-0.15, -0.1) is 23.2 Å². The lowest BCUT2D eigenvalue weighted by molar-refractivity contribution is -0.895. The van der Waals surface area contributed by atoms with Gasteiger partial charge in [-0.25, -0.2) is 0 Å². The molecule has 0 bridgehead atoms. The van der Waals surface area contributed by atoms with Crippen LogP contribution in [0.4, 0.5) is 0 Å². The summed E-state index contributed by atoms with van der Waals surface area (Å²) in [5.41, 5.74) is 0. The highest BCUT2D eigenvalue weighted by molar-refractivity contribution is 6.18. The maximum absolute atomic E-state index is 5.65. The van der Waals surface area contributed by atoms with Crippen molar-refractivity contribution in [2.75, 3.05) is 31.4 Å². The number of rotatable bonds is 7. The van der Waals surface area contributed by atoms with Gasteiger partial charge in [0.1, 0.15) is 0 Å². The Kier molecular flexibility index (Phi) is 9.06. The van der Waals surface area contributed by atoms with Crippen molar-refractivity contribution in [3.63, 3.8) is 0 Å². The first kappa shape index (κ1) is 11.5. The second-order valence-corrected chi connectivity index (χ2v) is 3.49. The Balaban J connectivity index is 3.34. The van der Waals surface area contributed by atoms with E-state index in [1.807, 2.05) is 0 Å². The van der Waals surface area contributed by atoms with Crippen molar-refractivity contribution in [1.29, 1.82) is 0 Å². The van der Waals surface area contributed by atoms with E-state index in [1.54, 1.807) is 0 Å². The number of hydrogen-bond donors (Lipinski definition) is 1. The molecule has 0 saturated heterocycles. The van der Waals surface area contributed by atoms with Crippen LogP contribution in [0.3, 0.4) is 0 Å². The minimum atomic E-state index is 0.746. The van der Waals surface area contributed by atoms with Gasteiger partial charge < -0.3 is 4.90 Å². The molecule has 0 saturated carbocycles. The first-order valence-electron chi connectivity index (χ1n) is 4.30. The van der Waals surface area contributed by atoms with E-state index >= 15 is 0 Å². The molecule has 0 radical (unpaired) electrons. The van der Waals surface area contributed by atoms with Gasteiger partial charge in [0, 0.05) is 0 Å². The standard InChI is InChI=1S/C8H17Cl2N/c1-2-3-6-11(7-4-9)8-5-10/h2-8H2,1H3/p+1. The molecular formula is C8H18Cl2N+. The van der Waals surface area contributed by atoms with E-state index in [0.29, 0.717) is 0 Å². The van der Waals surface area contributed by atoms with Crippen molar-refractivity contribution in [1.82, 2.24) is 0 Å². The fourth-order valence-corrected chi connectivity index (χ4v) is 1.60. The molecule has 0 rings (SSSR count). The van der Waals surface area contributed by atoms with Gasteiger partial charge >= 0.3 is 0 Å². The lowest BCUT2D eigenvalue weighted by atomic mass is 10.3. The number of quaternary nitrogens is 1. The summed E-state index contributed by atoms with van der Waals surface area (Å²) in [5.74, 6) is 1.49. The number of alkyl halides is 2. The van der Waals surface area contributed by atoms with E-state index in [9.17, 15) is 0 Å². The molecule has 0 unspecified atom stereocenters. The van der Waals surface area contributed by atoms with E-state index < -0.39 is 0 Å². The molecule has 0 atom stereocenters. The van der Waals surface area contributed by atoms with Gasteiger partial charge in [0.25, 0.3) is 0 Å². The summed E-state index contributed by atoms with van der Waals surface area (Å²) < 4.78 is 0. The Bertz CT molecular complexity index is 72.5. The molecule has 0 fully saturated rings. The highest BCUT2D eigenvalue weighted by Crippen LogP contribution is 1.80. The lowest BCUT2D eigenvalue weighted by Gasteiger charge is -2.16. The van der Waals surface area contributed by atoms with Gasteiger partial charge in [0.2, 0.25) is 0 Å². The predicted octanol–water partition coefficient (Wildman–Crippen LogP) is 1.15. The molecule has 3 heteroatoms. The van der Waals surface area contributed by atoms with Crippen LogP contribution in [0.2, 0.25) is 0 Å². The molecule has 0 aliphatic heterocycles. The molecule has 11 heavy (non-hydrogen) atoms. The second kappa shape index (κ2) is 8.63. The molecule has 0 aliphatic carbocycles. The van der Waals surface area contributed by atoms with Crippen LogP contribution >= 0.6 is 23.2 Å². The van der Waals surface area contributed by atoms with Crippen LogP contribution in [0, 0.1) is 0 Å². The molecular weight excluding hydrogens is 181 g/mol. The van der Waals surface area contributed by atoms with E-state index in [4.69, 9.17) is 23.2 Å². The quantitative estimate of drug-likeness (QED) is 0.586. The van der Waals surface area contributed by atoms with Crippen LogP contribution in [0.25, 0.3) is 0 Å². The Labute approximate surface area is 79.7 Å². The molecule has 0 aromatic heterocycles. The van der Waals surface area contributed by atoms with Crippen LogP contribution in [0.1, 0.15) is 19.8 Å². The SMILES string of the molecule is CCCC[NH+](CCCl)CCCl. The smallest absolute Gasteiger partial charge is 0.0908 e. The molecule has 0 heterocycles. The van der Waals surface area contributed by atoms with Crippen molar-refractivity contribution in [3.8, 4) is 0 Å². The highest BCUT2D eigenvalue weighted by Gasteiger charge is 2.04. The first-order valence-corrected chi connectivity index (χ1v) is 5.37. The molecule has 0 spiro atoms. The molecule has 0 aliphatic rings. The van der Waals surface area contributed by atoms with Crippen LogP contribution < -0.4 is 4.90 Å². The zero-order valence-electron chi connectivity index (χ0n) is 7.21. The van der Waals surface area contributed by atoms with Crippen LogP contribution in [0.5, 0.6) is 0 Å². The van der Waals surface area contributed by atoms with Crippen LogP contribution in [-0.4, -0.2) is 31.4 Å². The molecule has 0 amide bonds. The predicted molar refractivity (Wildman–Crippen MR) is 51.9 cm³/mol. The van der Waals surface area contributed by atoms with Crippen LogP contribution in [0.15, 0.2) is 0 Å². The highest BCUT2D eigenvalue weighted by atomic mass is 35.5. The van der Waals surface area contributed by atoms with Crippen molar-refractivity contribution >= 4 is 23.2 Å². The van der Waals surface area contributed by atoms with Crippen molar-refractivity contribution in [2.45, 2.75) is 19.8 Å². The average molecular weight is 199 g/mol. The Morgan fingerprint density at radius 2 is 1.55 bits per heavy atom. The van der Waals surface area contributed by atoms with Gasteiger partial charge in [0.15, 0.2) is 0 Å². The summed E-state index contributed by atoms with van der Waals surface area (Å²) >= 11 is 11.3. The Morgan fingerprint density at radius 3 is 1.91 bits per heavy atom. The molecule has 0 aromatic carbocycles. The van der Waals surface area contributed by atoms with Crippen LogP contribution in [-0.2, 0) is 0 Å². The summed E-state index contributed by atoms with van der Waals surface area (Å²) in [5, 5.41) is 0.